The van der Waals surface area contributed by atoms with Gasteiger partial charge in [-0.1, -0.05) is 12.1 Å². The molecule has 0 saturated heterocycles. The smallest absolute Gasteiger partial charge is 0.231 e. The third kappa shape index (κ3) is 1.81. The summed E-state index contributed by atoms with van der Waals surface area (Å²) < 4.78 is 0. The van der Waals surface area contributed by atoms with Gasteiger partial charge in [-0.05, 0) is 31.3 Å². The molecule has 1 aliphatic heterocycles. The third-order valence-corrected chi connectivity index (χ3v) is 3.55. The quantitative estimate of drug-likeness (QED) is 0.581. The van der Waals surface area contributed by atoms with Crippen LogP contribution in [0.1, 0.15) is 16.6 Å². The average Bonchev–Trinajstić information content (AvgIpc) is 2.53. The number of rotatable bonds is 2. The molecule has 3 nitrogen and oxygen atoms in total. The number of anilines is 1. The fraction of sp³-hybridized carbons (Fsp3) is 0.417. The number of benzene rings is 1. The Kier molecular flexibility index (Phi) is 2.91. The van der Waals surface area contributed by atoms with E-state index in [1.54, 1.807) is 11.9 Å². The van der Waals surface area contributed by atoms with Gasteiger partial charge in [0, 0.05) is 12.7 Å². The van der Waals surface area contributed by atoms with Crippen molar-refractivity contribution in [1.29, 1.82) is 0 Å². The van der Waals surface area contributed by atoms with E-state index in [4.69, 9.17) is 11.6 Å². The molecule has 0 aliphatic carbocycles. The molecule has 4 heteroatoms. The Morgan fingerprint density at radius 1 is 1.44 bits per heavy atom. The van der Waals surface area contributed by atoms with Gasteiger partial charge >= 0.3 is 0 Å². The highest BCUT2D eigenvalue weighted by molar-refractivity contribution is 6.20. The zero-order valence-electron chi connectivity index (χ0n) is 9.70. The van der Waals surface area contributed by atoms with Crippen molar-refractivity contribution in [3.8, 4) is 0 Å². The predicted octanol–water partition coefficient (Wildman–Crippen LogP) is 2.00. The van der Waals surface area contributed by atoms with Crippen molar-refractivity contribution in [2.24, 2.45) is 0 Å². The first kappa shape index (κ1) is 11.4. The molecule has 0 spiro atoms. The van der Waals surface area contributed by atoms with E-state index in [-0.39, 0.29) is 11.4 Å². The second-order valence-electron chi connectivity index (χ2n) is 4.32. The molecule has 1 unspecified atom stereocenters. The van der Waals surface area contributed by atoms with Crippen molar-refractivity contribution in [3.05, 3.63) is 29.3 Å². The zero-order valence-corrected chi connectivity index (χ0v) is 10.5. The number of carbonyl (C=O) groups is 1. The Morgan fingerprint density at radius 3 is 2.75 bits per heavy atom. The molecule has 0 aromatic heterocycles. The number of nitrogens with zero attached hydrogens (tertiary/aromatic N) is 2. The van der Waals surface area contributed by atoms with E-state index in [0.29, 0.717) is 6.42 Å². The van der Waals surface area contributed by atoms with Gasteiger partial charge in [-0.25, -0.2) is 0 Å². The second kappa shape index (κ2) is 4.07. The fourth-order valence-corrected chi connectivity index (χ4v) is 2.07. The number of fused-ring (bicyclic) bond motifs is 1. The van der Waals surface area contributed by atoms with E-state index in [1.165, 1.54) is 0 Å². The molecule has 1 heterocycles. The number of halogens is 1. The molecule has 16 heavy (non-hydrogen) atoms. The average molecular weight is 239 g/mol. The van der Waals surface area contributed by atoms with Crippen LogP contribution in [0.3, 0.4) is 0 Å². The zero-order chi connectivity index (χ0) is 11.9. The molecule has 2 rings (SSSR count). The van der Waals surface area contributed by atoms with E-state index in [2.05, 4.69) is 0 Å². The van der Waals surface area contributed by atoms with Crippen LogP contribution in [0.2, 0.25) is 0 Å². The maximum atomic E-state index is 11.5. The van der Waals surface area contributed by atoms with Gasteiger partial charge < -0.3 is 4.90 Å². The molecule has 0 fully saturated rings. The highest BCUT2D eigenvalue weighted by Crippen LogP contribution is 2.32. The minimum absolute atomic E-state index is 0.142. The van der Waals surface area contributed by atoms with E-state index >= 15 is 0 Å². The minimum atomic E-state index is -0.147. The molecule has 86 valence electrons. The molecule has 0 N–H and O–H groups in total. The number of carbonyl (C=O) groups excluding carboxylic acids is 1. The summed E-state index contributed by atoms with van der Waals surface area (Å²) in [6.45, 7) is 0. The molecule has 1 amide bonds. The number of likely N-dealkylation sites (N-methyl/N-ethyl adjacent to an activating group) is 1. The maximum absolute atomic E-state index is 11.5. The van der Waals surface area contributed by atoms with Gasteiger partial charge in [0.1, 0.15) is 5.50 Å². The van der Waals surface area contributed by atoms with Crippen molar-refractivity contribution in [3.63, 3.8) is 0 Å². The summed E-state index contributed by atoms with van der Waals surface area (Å²) in [5, 5.41) is 0. The van der Waals surface area contributed by atoms with Crippen LogP contribution in [-0.4, -0.2) is 32.0 Å². The maximum Gasteiger partial charge on any atom is 0.231 e. The lowest BCUT2D eigenvalue weighted by Gasteiger charge is -2.19. The Bertz CT molecular complexity index is 431. The van der Waals surface area contributed by atoms with Gasteiger partial charge in [0.05, 0.1) is 6.42 Å². The summed E-state index contributed by atoms with van der Waals surface area (Å²) >= 11 is 6.24. The van der Waals surface area contributed by atoms with Crippen LogP contribution >= 0.6 is 11.6 Å². The van der Waals surface area contributed by atoms with E-state index in [1.807, 2.05) is 37.2 Å². The largest absolute Gasteiger partial charge is 0.315 e. The molecule has 1 aliphatic rings. The van der Waals surface area contributed by atoms with Gasteiger partial charge in [-0.2, -0.15) is 0 Å². The van der Waals surface area contributed by atoms with Crippen LogP contribution in [0.4, 0.5) is 5.69 Å². The number of hydrogen-bond donors (Lipinski definition) is 0. The summed E-state index contributed by atoms with van der Waals surface area (Å²) in [4.78, 5) is 15.2. The lowest BCUT2D eigenvalue weighted by atomic mass is 10.1. The van der Waals surface area contributed by atoms with Crippen molar-refractivity contribution in [2.75, 3.05) is 26.0 Å². The fourth-order valence-electron chi connectivity index (χ4n) is 1.94. The Morgan fingerprint density at radius 2 is 2.12 bits per heavy atom. The summed E-state index contributed by atoms with van der Waals surface area (Å²) in [7, 11) is 5.67. The Hall–Kier alpha value is -1.06. The van der Waals surface area contributed by atoms with Crippen LogP contribution in [0, 0.1) is 0 Å². The number of alkyl halides is 1. The molecule has 1 aromatic carbocycles. The molecule has 0 bridgehead atoms. The topological polar surface area (TPSA) is 23.6 Å². The second-order valence-corrected chi connectivity index (χ2v) is 4.73. The Labute approximate surface area is 101 Å². The lowest BCUT2D eigenvalue weighted by molar-refractivity contribution is -0.117. The number of hydrogen-bond acceptors (Lipinski definition) is 2. The molecule has 1 atom stereocenters. The first-order valence-corrected chi connectivity index (χ1v) is 5.64. The van der Waals surface area contributed by atoms with Gasteiger partial charge in [-0.3, -0.25) is 9.69 Å². The predicted molar refractivity (Wildman–Crippen MR) is 65.8 cm³/mol. The van der Waals surface area contributed by atoms with Gasteiger partial charge in [0.2, 0.25) is 5.91 Å². The van der Waals surface area contributed by atoms with Crippen LogP contribution < -0.4 is 4.90 Å². The van der Waals surface area contributed by atoms with Crippen LogP contribution in [-0.2, 0) is 11.2 Å². The summed E-state index contributed by atoms with van der Waals surface area (Å²) in [5.41, 5.74) is 2.95. The van der Waals surface area contributed by atoms with Crippen molar-refractivity contribution in [1.82, 2.24) is 4.90 Å². The molecular weight excluding hydrogens is 224 g/mol. The summed E-state index contributed by atoms with van der Waals surface area (Å²) in [6, 6.07) is 5.97. The van der Waals surface area contributed by atoms with E-state index in [0.717, 1.165) is 16.8 Å². The first-order valence-electron chi connectivity index (χ1n) is 5.20. The van der Waals surface area contributed by atoms with E-state index in [9.17, 15) is 4.79 Å². The van der Waals surface area contributed by atoms with Crippen molar-refractivity contribution >= 4 is 23.2 Å². The molecule has 0 radical (unpaired) electrons. The van der Waals surface area contributed by atoms with Crippen LogP contribution in [0.15, 0.2) is 18.2 Å². The molecule has 0 saturated carbocycles. The summed E-state index contributed by atoms with van der Waals surface area (Å²) in [5.74, 6) is 0.142. The Balaban J connectivity index is 2.35. The number of amides is 1. The normalized spacial score (nSPS) is 16.8. The van der Waals surface area contributed by atoms with Crippen molar-refractivity contribution < 1.29 is 4.79 Å². The highest BCUT2D eigenvalue weighted by Gasteiger charge is 2.24. The SMILES string of the molecule is CN1C(=O)Cc2cc(C(Cl)N(C)C)ccc21. The van der Waals surface area contributed by atoms with E-state index < -0.39 is 0 Å². The summed E-state index contributed by atoms with van der Waals surface area (Å²) in [6.07, 6.45) is 0.483. The van der Waals surface area contributed by atoms with Crippen molar-refractivity contribution in [2.45, 2.75) is 11.9 Å². The minimum Gasteiger partial charge on any atom is -0.315 e. The monoisotopic (exact) mass is 238 g/mol. The third-order valence-electron chi connectivity index (χ3n) is 2.91. The van der Waals surface area contributed by atoms with Gasteiger partial charge in [0.15, 0.2) is 0 Å². The van der Waals surface area contributed by atoms with Crippen LogP contribution in [0.5, 0.6) is 0 Å². The molecular formula is C12H15ClN2O. The van der Waals surface area contributed by atoms with Gasteiger partial charge in [0.25, 0.3) is 0 Å². The standard InChI is InChI=1S/C12H15ClN2O/c1-14(2)12(13)8-4-5-10-9(6-8)7-11(16)15(10)3/h4-6,12H,7H2,1-3H3. The van der Waals surface area contributed by atoms with Crippen LogP contribution in [0.25, 0.3) is 0 Å². The molecule has 1 aromatic rings. The lowest BCUT2D eigenvalue weighted by Crippen LogP contribution is -2.20. The highest BCUT2D eigenvalue weighted by atomic mass is 35.5. The first-order chi connectivity index (χ1) is 7.50. The van der Waals surface area contributed by atoms with Gasteiger partial charge in [-0.15, -0.1) is 11.6 Å².